The zero-order valence-corrected chi connectivity index (χ0v) is 13.0. The minimum atomic E-state index is -0.316. The van der Waals surface area contributed by atoms with E-state index < -0.39 is 0 Å². The molecule has 2 N–H and O–H groups in total. The lowest BCUT2D eigenvalue weighted by atomic mass is 10.2. The lowest BCUT2D eigenvalue weighted by Gasteiger charge is -1.97. The number of hydrogen-bond acceptors (Lipinski definition) is 5. The summed E-state index contributed by atoms with van der Waals surface area (Å²) in [5, 5.41) is 0. The summed E-state index contributed by atoms with van der Waals surface area (Å²) in [6.07, 6.45) is 2.04. The molecule has 0 bridgehead atoms. The average Bonchev–Trinajstić information content (AvgIpc) is 2.80. The molecule has 1 aromatic heterocycles. The van der Waals surface area contributed by atoms with Gasteiger partial charge in [0.2, 0.25) is 11.8 Å². The van der Waals surface area contributed by atoms with Gasteiger partial charge in [-0.15, -0.1) is 23.5 Å². The molecule has 0 aliphatic carbocycles. The molecule has 0 saturated heterocycles. The van der Waals surface area contributed by atoms with Gasteiger partial charge in [0, 0.05) is 16.2 Å². The standard InChI is InChI=1S/C14H16N2O2S2/c1-9-12(7-20-8-13(15)17)16-14(18-9)10-3-5-11(19-2)6-4-10/h3-6H,7-8H2,1-2H3,(H2,15,17). The number of thioether (sulfide) groups is 2. The number of rotatable bonds is 6. The van der Waals surface area contributed by atoms with Crippen molar-refractivity contribution in [2.45, 2.75) is 17.6 Å². The Morgan fingerprint density at radius 2 is 2.05 bits per heavy atom. The normalized spacial score (nSPS) is 10.7. The first-order chi connectivity index (χ1) is 9.60. The summed E-state index contributed by atoms with van der Waals surface area (Å²) >= 11 is 3.14. The third-order valence-electron chi connectivity index (χ3n) is 2.71. The van der Waals surface area contributed by atoms with Crippen LogP contribution in [0.5, 0.6) is 0 Å². The van der Waals surface area contributed by atoms with Gasteiger partial charge in [0.15, 0.2) is 0 Å². The number of benzene rings is 1. The molecule has 4 nitrogen and oxygen atoms in total. The monoisotopic (exact) mass is 308 g/mol. The highest BCUT2D eigenvalue weighted by atomic mass is 32.2. The molecule has 0 saturated carbocycles. The molecule has 1 amide bonds. The van der Waals surface area contributed by atoms with Gasteiger partial charge in [-0.25, -0.2) is 4.98 Å². The number of nitrogens with two attached hydrogens (primary N) is 1. The van der Waals surface area contributed by atoms with Crippen LogP contribution in [0.4, 0.5) is 0 Å². The largest absolute Gasteiger partial charge is 0.441 e. The predicted octanol–water partition coefficient (Wildman–Crippen LogP) is 3.09. The number of aromatic nitrogens is 1. The average molecular weight is 308 g/mol. The first-order valence-electron chi connectivity index (χ1n) is 6.07. The van der Waals surface area contributed by atoms with E-state index >= 15 is 0 Å². The second-order valence-corrected chi connectivity index (χ2v) is 6.07. The number of primary amides is 1. The molecular weight excluding hydrogens is 292 g/mol. The Morgan fingerprint density at radius 1 is 1.35 bits per heavy atom. The molecule has 2 rings (SSSR count). The van der Waals surface area contributed by atoms with Crippen molar-refractivity contribution >= 4 is 29.4 Å². The molecule has 0 aliphatic rings. The van der Waals surface area contributed by atoms with Crippen molar-refractivity contribution in [2.24, 2.45) is 5.73 Å². The summed E-state index contributed by atoms with van der Waals surface area (Å²) in [4.78, 5) is 16.4. The van der Waals surface area contributed by atoms with Crippen LogP contribution < -0.4 is 5.73 Å². The Balaban J connectivity index is 2.11. The van der Waals surface area contributed by atoms with Gasteiger partial charge < -0.3 is 10.2 Å². The van der Waals surface area contributed by atoms with Gasteiger partial charge in [0.1, 0.15) is 5.76 Å². The van der Waals surface area contributed by atoms with Crippen molar-refractivity contribution in [3.8, 4) is 11.5 Å². The fourth-order valence-electron chi connectivity index (χ4n) is 1.67. The third kappa shape index (κ3) is 3.80. The molecule has 106 valence electrons. The second-order valence-electron chi connectivity index (χ2n) is 4.21. The van der Waals surface area contributed by atoms with Crippen molar-refractivity contribution in [1.29, 1.82) is 0 Å². The van der Waals surface area contributed by atoms with Gasteiger partial charge in [0.05, 0.1) is 11.4 Å². The first kappa shape index (κ1) is 15.0. The molecule has 1 heterocycles. The van der Waals surface area contributed by atoms with Gasteiger partial charge in [-0.2, -0.15) is 0 Å². The van der Waals surface area contributed by atoms with E-state index in [0.29, 0.717) is 17.4 Å². The van der Waals surface area contributed by atoms with Crippen LogP contribution >= 0.6 is 23.5 Å². The Kier molecular flexibility index (Phi) is 5.14. The highest BCUT2D eigenvalue weighted by Gasteiger charge is 2.11. The lowest BCUT2D eigenvalue weighted by molar-refractivity contribution is -0.115. The number of carbonyl (C=O) groups is 1. The van der Waals surface area contributed by atoms with Crippen LogP contribution in [-0.2, 0) is 10.5 Å². The van der Waals surface area contributed by atoms with Crippen molar-refractivity contribution in [2.75, 3.05) is 12.0 Å². The summed E-state index contributed by atoms with van der Waals surface area (Å²) in [7, 11) is 0. The molecule has 1 aromatic carbocycles. The Labute approximate surface area is 126 Å². The zero-order chi connectivity index (χ0) is 14.5. The van der Waals surface area contributed by atoms with E-state index in [2.05, 4.69) is 4.98 Å². The molecule has 0 unspecified atom stereocenters. The SMILES string of the molecule is CSc1ccc(-c2nc(CSCC(N)=O)c(C)o2)cc1. The topological polar surface area (TPSA) is 69.1 Å². The maximum absolute atomic E-state index is 10.7. The van der Waals surface area contributed by atoms with Crippen molar-refractivity contribution in [1.82, 2.24) is 4.98 Å². The van der Waals surface area contributed by atoms with E-state index in [1.54, 1.807) is 11.8 Å². The van der Waals surface area contributed by atoms with Crippen LogP contribution in [0.25, 0.3) is 11.5 Å². The van der Waals surface area contributed by atoms with Crippen LogP contribution in [0.2, 0.25) is 0 Å². The number of carbonyl (C=O) groups excluding carboxylic acids is 1. The van der Waals surface area contributed by atoms with Gasteiger partial charge in [-0.1, -0.05) is 0 Å². The van der Waals surface area contributed by atoms with E-state index in [1.165, 1.54) is 16.7 Å². The molecule has 6 heteroatoms. The van der Waals surface area contributed by atoms with Gasteiger partial charge >= 0.3 is 0 Å². The minimum Gasteiger partial charge on any atom is -0.441 e. The molecule has 0 spiro atoms. The number of amides is 1. The van der Waals surface area contributed by atoms with Gasteiger partial charge in [-0.3, -0.25) is 4.79 Å². The van der Waals surface area contributed by atoms with Crippen LogP contribution in [0.1, 0.15) is 11.5 Å². The fraction of sp³-hybridized carbons (Fsp3) is 0.286. The second kappa shape index (κ2) is 6.85. The molecule has 0 atom stereocenters. The first-order valence-corrected chi connectivity index (χ1v) is 8.45. The fourth-order valence-corrected chi connectivity index (χ4v) is 2.84. The summed E-state index contributed by atoms with van der Waals surface area (Å²) in [6, 6.07) is 8.08. The maximum atomic E-state index is 10.7. The van der Waals surface area contributed by atoms with Crippen LogP contribution in [0.15, 0.2) is 33.6 Å². The van der Waals surface area contributed by atoms with E-state index in [9.17, 15) is 4.79 Å². The smallest absolute Gasteiger partial charge is 0.227 e. The zero-order valence-electron chi connectivity index (χ0n) is 11.4. The molecule has 0 radical (unpaired) electrons. The minimum absolute atomic E-state index is 0.296. The Bertz CT molecular complexity index is 594. The Hall–Kier alpha value is -1.40. The highest BCUT2D eigenvalue weighted by molar-refractivity contribution is 7.99. The number of nitrogens with zero attached hydrogens (tertiary/aromatic N) is 1. The number of hydrogen-bond donors (Lipinski definition) is 1. The quantitative estimate of drug-likeness (QED) is 0.830. The predicted molar refractivity (Wildman–Crippen MR) is 83.8 cm³/mol. The third-order valence-corrected chi connectivity index (χ3v) is 4.42. The van der Waals surface area contributed by atoms with E-state index in [-0.39, 0.29) is 5.91 Å². The summed E-state index contributed by atoms with van der Waals surface area (Å²) in [5.41, 5.74) is 6.93. The lowest BCUT2D eigenvalue weighted by Crippen LogP contribution is -2.13. The van der Waals surface area contributed by atoms with Crippen LogP contribution in [-0.4, -0.2) is 22.9 Å². The van der Waals surface area contributed by atoms with Crippen LogP contribution in [0, 0.1) is 6.92 Å². The van der Waals surface area contributed by atoms with E-state index in [0.717, 1.165) is 17.0 Å². The van der Waals surface area contributed by atoms with Crippen molar-refractivity contribution < 1.29 is 9.21 Å². The van der Waals surface area contributed by atoms with Crippen LogP contribution in [0.3, 0.4) is 0 Å². The van der Waals surface area contributed by atoms with E-state index in [4.69, 9.17) is 10.2 Å². The molecule has 20 heavy (non-hydrogen) atoms. The van der Waals surface area contributed by atoms with Crippen molar-refractivity contribution in [3.05, 3.63) is 35.7 Å². The Morgan fingerprint density at radius 3 is 2.65 bits per heavy atom. The van der Waals surface area contributed by atoms with E-state index in [1.807, 2.05) is 37.4 Å². The maximum Gasteiger partial charge on any atom is 0.227 e. The number of oxazole rings is 1. The summed E-state index contributed by atoms with van der Waals surface area (Å²) in [6.45, 7) is 1.88. The van der Waals surface area contributed by atoms with Gasteiger partial charge in [-0.05, 0) is 37.4 Å². The highest BCUT2D eigenvalue weighted by Crippen LogP contribution is 2.26. The number of aryl methyl sites for hydroxylation is 1. The summed E-state index contributed by atoms with van der Waals surface area (Å²) in [5.74, 6) is 2.00. The molecule has 0 fully saturated rings. The van der Waals surface area contributed by atoms with Gasteiger partial charge in [0.25, 0.3) is 0 Å². The van der Waals surface area contributed by atoms with Crippen molar-refractivity contribution in [3.63, 3.8) is 0 Å². The summed E-state index contributed by atoms with van der Waals surface area (Å²) < 4.78 is 5.68. The molecular formula is C14H16N2O2S2. The molecule has 0 aliphatic heterocycles. The molecule has 2 aromatic rings.